The molecule has 1 amide bonds. The fourth-order valence-corrected chi connectivity index (χ4v) is 3.06. The van der Waals surface area contributed by atoms with E-state index in [2.05, 4.69) is 4.98 Å². The van der Waals surface area contributed by atoms with Gasteiger partial charge in [-0.25, -0.2) is 8.78 Å². The number of aromatic nitrogens is 1. The van der Waals surface area contributed by atoms with E-state index in [0.29, 0.717) is 41.4 Å². The van der Waals surface area contributed by atoms with E-state index in [-0.39, 0.29) is 24.1 Å². The van der Waals surface area contributed by atoms with Crippen LogP contribution < -0.4 is 9.64 Å². The van der Waals surface area contributed by atoms with E-state index >= 15 is 0 Å². The van der Waals surface area contributed by atoms with Crippen LogP contribution in [0.25, 0.3) is 0 Å². The van der Waals surface area contributed by atoms with E-state index < -0.39 is 0 Å². The quantitative estimate of drug-likeness (QED) is 0.697. The van der Waals surface area contributed by atoms with E-state index in [4.69, 9.17) is 4.74 Å². The molecule has 0 saturated carbocycles. The fraction of sp³-hybridized carbons (Fsp3) is 0.143. The number of halogens is 2. The molecule has 27 heavy (non-hydrogen) atoms. The molecule has 0 atom stereocenters. The number of hydrogen-bond acceptors (Lipinski definition) is 3. The second-order valence-electron chi connectivity index (χ2n) is 6.23. The average molecular weight is 366 g/mol. The summed E-state index contributed by atoms with van der Waals surface area (Å²) < 4.78 is 31.9. The molecule has 0 fully saturated rings. The summed E-state index contributed by atoms with van der Waals surface area (Å²) in [7, 11) is 0. The van der Waals surface area contributed by atoms with Gasteiger partial charge in [-0.1, -0.05) is 6.07 Å². The van der Waals surface area contributed by atoms with Crippen molar-refractivity contribution in [3.63, 3.8) is 0 Å². The number of carbonyl (C=O) groups is 1. The summed E-state index contributed by atoms with van der Waals surface area (Å²) in [4.78, 5) is 18.9. The highest BCUT2D eigenvalue weighted by molar-refractivity contribution is 6.07. The molecule has 1 aliphatic rings. The summed E-state index contributed by atoms with van der Waals surface area (Å²) in [5.41, 5.74) is 2.56. The minimum Gasteiger partial charge on any atom is -0.487 e. The Morgan fingerprint density at radius 1 is 1.00 bits per heavy atom. The number of anilines is 1. The second-order valence-corrected chi connectivity index (χ2v) is 6.23. The Bertz CT molecular complexity index is 990. The Morgan fingerprint density at radius 3 is 2.59 bits per heavy atom. The second kappa shape index (κ2) is 7.15. The van der Waals surface area contributed by atoms with Crippen LogP contribution in [0.1, 0.15) is 21.7 Å². The van der Waals surface area contributed by atoms with Gasteiger partial charge in [-0.3, -0.25) is 9.78 Å². The maximum absolute atomic E-state index is 13.2. The van der Waals surface area contributed by atoms with Gasteiger partial charge in [0, 0.05) is 24.7 Å². The standard InChI is InChI=1S/C21H16F2N2O2/c22-14-4-7-17(8-5-14)25-11-10-20-19(21(25)26)9-6-16(24-20)13-27-18-3-1-2-15(23)12-18/h1-9,12H,10-11,13H2. The maximum atomic E-state index is 13.2. The van der Waals surface area contributed by atoms with Gasteiger partial charge in [-0.15, -0.1) is 0 Å². The lowest BCUT2D eigenvalue weighted by Crippen LogP contribution is -2.38. The monoisotopic (exact) mass is 366 g/mol. The zero-order chi connectivity index (χ0) is 18.8. The Morgan fingerprint density at radius 2 is 1.81 bits per heavy atom. The van der Waals surface area contributed by atoms with Gasteiger partial charge in [0.05, 0.1) is 17.0 Å². The number of carbonyl (C=O) groups excluding carboxylic acids is 1. The van der Waals surface area contributed by atoms with Crippen molar-refractivity contribution in [1.82, 2.24) is 4.98 Å². The predicted molar refractivity (Wildman–Crippen MR) is 96.7 cm³/mol. The molecule has 4 rings (SSSR count). The molecule has 3 aromatic rings. The molecule has 0 saturated heterocycles. The van der Waals surface area contributed by atoms with Crippen molar-refractivity contribution in [1.29, 1.82) is 0 Å². The summed E-state index contributed by atoms with van der Waals surface area (Å²) in [6.07, 6.45) is 0.590. The smallest absolute Gasteiger partial charge is 0.260 e. The number of ether oxygens (including phenoxy) is 1. The lowest BCUT2D eigenvalue weighted by molar-refractivity contribution is 0.0979. The molecule has 2 aromatic carbocycles. The lowest BCUT2D eigenvalue weighted by atomic mass is 10.0. The van der Waals surface area contributed by atoms with E-state index in [1.54, 1.807) is 41.3 Å². The van der Waals surface area contributed by atoms with Gasteiger partial charge < -0.3 is 9.64 Å². The third-order valence-electron chi connectivity index (χ3n) is 4.40. The third-order valence-corrected chi connectivity index (χ3v) is 4.40. The van der Waals surface area contributed by atoms with Crippen LogP contribution in [0.15, 0.2) is 60.7 Å². The Kier molecular flexibility index (Phi) is 4.54. The first kappa shape index (κ1) is 17.1. The van der Waals surface area contributed by atoms with E-state index in [1.165, 1.54) is 24.3 Å². The number of amides is 1. The molecule has 0 spiro atoms. The van der Waals surface area contributed by atoms with Gasteiger partial charge in [0.1, 0.15) is 24.0 Å². The molecule has 136 valence electrons. The number of benzene rings is 2. The van der Waals surface area contributed by atoms with Crippen molar-refractivity contribution < 1.29 is 18.3 Å². The van der Waals surface area contributed by atoms with Gasteiger partial charge in [-0.05, 0) is 48.5 Å². The van der Waals surface area contributed by atoms with Crippen LogP contribution in [0.4, 0.5) is 14.5 Å². The van der Waals surface area contributed by atoms with E-state index in [9.17, 15) is 13.6 Å². The molecule has 0 radical (unpaired) electrons. The van der Waals surface area contributed by atoms with Gasteiger partial charge in [0.2, 0.25) is 0 Å². The molecule has 2 heterocycles. The SMILES string of the molecule is O=C1c2ccc(COc3cccc(F)c3)nc2CCN1c1ccc(F)cc1. The first-order chi connectivity index (χ1) is 13.1. The minimum atomic E-state index is -0.364. The van der Waals surface area contributed by atoms with Crippen LogP contribution in [-0.4, -0.2) is 17.4 Å². The topological polar surface area (TPSA) is 42.4 Å². The minimum absolute atomic E-state index is 0.159. The molecule has 0 unspecified atom stereocenters. The summed E-state index contributed by atoms with van der Waals surface area (Å²) >= 11 is 0. The van der Waals surface area contributed by atoms with Crippen molar-refractivity contribution in [2.24, 2.45) is 0 Å². The van der Waals surface area contributed by atoms with Crippen molar-refractivity contribution >= 4 is 11.6 Å². The fourth-order valence-electron chi connectivity index (χ4n) is 3.06. The molecule has 0 bridgehead atoms. The maximum Gasteiger partial charge on any atom is 0.260 e. The molecule has 4 nitrogen and oxygen atoms in total. The van der Waals surface area contributed by atoms with Crippen LogP contribution in [0, 0.1) is 11.6 Å². The number of fused-ring (bicyclic) bond motifs is 1. The molecule has 0 N–H and O–H groups in total. The zero-order valence-electron chi connectivity index (χ0n) is 14.4. The highest BCUT2D eigenvalue weighted by Crippen LogP contribution is 2.24. The van der Waals surface area contributed by atoms with Crippen LogP contribution in [0.5, 0.6) is 5.75 Å². The Labute approximate surface area is 155 Å². The largest absolute Gasteiger partial charge is 0.487 e. The van der Waals surface area contributed by atoms with Crippen molar-refractivity contribution in [2.75, 3.05) is 11.4 Å². The number of hydrogen-bond donors (Lipinski definition) is 0. The van der Waals surface area contributed by atoms with Gasteiger partial charge in [-0.2, -0.15) is 0 Å². The van der Waals surface area contributed by atoms with Crippen LogP contribution >= 0.6 is 0 Å². The Balaban J connectivity index is 1.50. The summed E-state index contributed by atoms with van der Waals surface area (Å²) in [6.45, 7) is 0.658. The average Bonchev–Trinajstić information content (AvgIpc) is 2.68. The van der Waals surface area contributed by atoms with Crippen LogP contribution in [0.3, 0.4) is 0 Å². The van der Waals surface area contributed by atoms with Gasteiger partial charge in [0.15, 0.2) is 0 Å². The van der Waals surface area contributed by atoms with Gasteiger partial charge >= 0.3 is 0 Å². The molecule has 1 aromatic heterocycles. The Hall–Kier alpha value is -3.28. The van der Waals surface area contributed by atoms with E-state index in [0.717, 1.165) is 0 Å². The number of nitrogens with zero attached hydrogens (tertiary/aromatic N) is 2. The highest BCUT2D eigenvalue weighted by Gasteiger charge is 2.26. The lowest BCUT2D eigenvalue weighted by Gasteiger charge is -2.28. The molecular weight excluding hydrogens is 350 g/mol. The molecule has 0 aliphatic carbocycles. The predicted octanol–water partition coefficient (Wildman–Crippen LogP) is 4.14. The van der Waals surface area contributed by atoms with Crippen molar-refractivity contribution in [3.8, 4) is 5.75 Å². The van der Waals surface area contributed by atoms with Crippen molar-refractivity contribution in [2.45, 2.75) is 13.0 Å². The summed E-state index contributed by atoms with van der Waals surface area (Å²) in [5, 5.41) is 0. The van der Waals surface area contributed by atoms with E-state index in [1.807, 2.05) is 0 Å². The van der Waals surface area contributed by atoms with Gasteiger partial charge in [0.25, 0.3) is 5.91 Å². The van der Waals surface area contributed by atoms with Crippen LogP contribution in [0.2, 0.25) is 0 Å². The first-order valence-electron chi connectivity index (χ1n) is 8.55. The molecule has 6 heteroatoms. The summed E-state index contributed by atoms with van der Waals surface area (Å²) in [6, 6.07) is 15.2. The first-order valence-corrected chi connectivity index (χ1v) is 8.55. The molecular formula is C21H16F2N2O2. The number of pyridine rings is 1. The normalized spacial score (nSPS) is 13.4. The molecule has 1 aliphatic heterocycles. The zero-order valence-corrected chi connectivity index (χ0v) is 14.4. The summed E-state index contributed by atoms with van der Waals surface area (Å²) in [5.74, 6) is -0.438. The van der Waals surface area contributed by atoms with Crippen LogP contribution in [-0.2, 0) is 13.0 Å². The van der Waals surface area contributed by atoms with Crippen molar-refractivity contribution in [3.05, 3.63) is 89.2 Å². The third kappa shape index (κ3) is 3.65. The number of rotatable bonds is 4. The highest BCUT2D eigenvalue weighted by atomic mass is 19.1.